The Morgan fingerprint density at radius 2 is 1.92 bits per heavy atom. The van der Waals surface area contributed by atoms with E-state index in [9.17, 15) is 0 Å². The molecule has 6 heteroatoms. The second-order valence-corrected chi connectivity index (χ2v) is 2.17. The first-order chi connectivity index (χ1) is 6.20. The average molecular weight is 179 g/mol. The molecule has 0 fully saturated rings. The predicted molar refractivity (Wildman–Crippen MR) is 47.7 cm³/mol. The summed E-state index contributed by atoms with van der Waals surface area (Å²) in [5.41, 5.74) is 10.3. The normalized spacial score (nSPS) is 8.92. The SMILES string of the molecule is NC(N)=O.c1cnc2[nH]ccc2n1. The lowest BCUT2D eigenvalue weighted by molar-refractivity contribution is 0.256. The molecule has 0 saturated carbocycles. The molecular weight excluding hydrogens is 170 g/mol. The Kier molecular flexibility index (Phi) is 2.80. The molecule has 0 aromatic carbocycles. The first-order valence-corrected chi connectivity index (χ1v) is 3.49. The molecule has 2 aromatic rings. The topological polar surface area (TPSA) is 111 Å². The van der Waals surface area contributed by atoms with Crippen LogP contribution in [0, 0.1) is 0 Å². The first-order valence-electron chi connectivity index (χ1n) is 3.49. The number of carbonyl (C=O) groups is 1. The molecule has 13 heavy (non-hydrogen) atoms. The molecule has 2 heterocycles. The number of carbonyl (C=O) groups excluding carboxylic acids is 1. The summed E-state index contributed by atoms with van der Waals surface area (Å²) < 4.78 is 0. The van der Waals surface area contributed by atoms with Gasteiger partial charge in [-0.2, -0.15) is 0 Å². The van der Waals surface area contributed by atoms with Gasteiger partial charge in [0.05, 0.1) is 0 Å². The van der Waals surface area contributed by atoms with E-state index in [1.54, 1.807) is 12.4 Å². The van der Waals surface area contributed by atoms with Gasteiger partial charge in [0, 0.05) is 18.6 Å². The fourth-order valence-electron chi connectivity index (χ4n) is 0.781. The zero-order valence-electron chi connectivity index (χ0n) is 6.77. The monoisotopic (exact) mass is 179 g/mol. The minimum absolute atomic E-state index is 0.833. The van der Waals surface area contributed by atoms with Gasteiger partial charge in [-0.1, -0.05) is 0 Å². The van der Waals surface area contributed by atoms with Crippen LogP contribution in [0.25, 0.3) is 11.2 Å². The molecule has 0 aliphatic rings. The van der Waals surface area contributed by atoms with Crippen molar-refractivity contribution in [2.45, 2.75) is 0 Å². The first kappa shape index (κ1) is 8.98. The molecule has 0 unspecified atom stereocenters. The number of aromatic amines is 1. The lowest BCUT2D eigenvalue weighted by Crippen LogP contribution is -2.18. The van der Waals surface area contributed by atoms with E-state index in [1.807, 2.05) is 12.3 Å². The fraction of sp³-hybridized carbons (Fsp3) is 0. The van der Waals surface area contributed by atoms with Crippen molar-refractivity contribution in [3.05, 3.63) is 24.7 Å². The van der Waals surface area contributed by atoms with Crippen molar-refractivity contribution in [1.29, 1.82) is 0 Å². The van der Waals surface area contributed by atoms with Gasteiger partial charge < -0.3 is 16.5 Å². The third kappa shape index (κ3) is 2.78. The van der Waals surface area contributed by atoms with E-state index in [-0.39, 0.29) is 0 Å². The van der Waals surface area contributed by atoms with E-state index in [2.05, 4.69) is 26.4 Å². The Labute approximate surface area is 74.0 Å². The number of nitrogens with one attached hydrogen (secondary N) is 1. The van der Waals surface area contributed by atoms with Crippen molar-refractivity contribution in [2.75, 3.05) is 0 Å². The Bertz CT molecular complexity index is 362. The molecule has 0 aliphatic heterocycles. The quantitative estimate of drug-likeness (QED) is 0.528. The van der Waals surface area contributed by atoms with Gasteiger partial charge in [0.25, 0.3) is 0 Å². The minimum Gasteiger partial charge on any atom is -0.352 e. The predicted octanol–water partition coefficient (Wildman–Crippen LogP) is -0.0183. The van der Waals surface area contributed by atoms with Crippen LogP contribution < -0.4 is 11.5 Å². The Morgan fingerprint density at radius 1 is 1.31 bits per heavy atom. The lowest BCUT2D eigenvalue weighted by Gasteiger charge is -1.81. The number of primary amides is 2. The molecule has 68 valence electrons. The van der Waals surface area contributed by atoms with Crippen molar-refractivity contribution < 1.29 is 4.79 Å². The molecule has 2 amide bonds. The van der Waals surface area contributed by atoms with Crippen molar-refractivity contribution in [1.82, 2.24) is 15.0 Å². The van der Waals surface area contributed by atoms with Gasteiger partial charge in [-0.15, -0.1) is 0 Å². The summed E-state index contributed by atoms with van der Waals surface area (Å²) >= 11 is 0. The van der Waals surface area contributed by atoms with Gasteiger partial charge in [-0.3, -0.25) is 4.98 Å². The van der Waals surface area contributed by atoms with Crippen molar-refractivity contribution in [3.8, 4) is 0 Å². The van der Waals surface area contributed by atoms with Crippen LogP contribution in [-0.2, 0) is 0 Å². The van der Waals surface area contributed by atoms with Gasteiger partial charge in [0.2, 0.25) is 0 Å². The molecule has 2 aromatic heterocycles. The maximum Gasteiger partial charge on any atom is 0.309 e. The number of rotatable bonds is 0. The van der Waals surface area contributed by atoms with E-state index in [0.717, 1.165) is 11.2 Å². The molecule has 0 bridgehead atoms. The summed E-state index contributed by atoms with van der Waals surface area (Å²) in [4.78, 5) is 20.0. The highest BCUT2D eigenvalue weighted by atomic mass is 16.2. The number of nitrogens with zero attached hydrogens (tertiary/aromatic N) is 2. The second-order valence-electron chi connectivity index (χ2n) is 2.17. The third-order valence-electron chi connectivity index (χ3n) is 1.19. The van der Waals surface area contributed by atoms with Crippen LogP contribution in [0.4, 0.5) is 4.79 Å². The molecule has 6 nitrogen and oxygen atoms in total. The number of hydrogen-bond donors (Lipinski definition) is 3. The van der Waals surface area contributed by atoms with Crippen molar-refractivity contribution in [3.63, 3.8) is 0 Å². The largest absolute Gasteiger partial charge is 0.352 e. The fourth-order valence-corrected chi connectivity index (χ4v) is 0.781. The zero-order valence-corrected chi connectivity index (χ0v) is 6.77. The lowest BCUT2D eigenvalue weighted by atomic mass is 10.5. The number of H-pyrrole nitrogens is 1. The number of nitrogens with two attached hydrogens (primary N) is 2. The number of urea groups is 1. The standard InChI is InChI=1S/C6H5N3.CH4N2O/c1-2-8-6-5(1)7-3-4-9-6;2-1(3)4/h1-4H,(H,8,9);(H4,2,3,4). The smallest absolute Gasteiger partial charge is 0.309 e. The number of aromatic nitrogens is 3. The number of amides is 2. The zero-order chi connectivity index (χ0) is 9.68. The summed E-state index contributed by atoms with van der Waals surface area (Å²) in [5.74, 6) is 0. The Morgan fingerprint density at radius 3 is 2.54 bits per heavy atom. The van der Waals surface area contributed by atoms with Gasteiger partial charge >= 0.3 is 6.03 Å². The van der Waals surface area contributed by atoms with Crippen molar-refractivity contribution >= 4 is 17.2 Å². The molecule has 0 spiro atoms. The minimum atomic E-state index is -0.833. The third-order valence-corrected chi connectivity index (χ3v) is 1.19. The highest BCUT2D eigenvalue weighted by Crippen LogP contribution is 2.01. The maximum atomic E-state index is 9.00. The summed E-state index contributed by atoms with van der Waals surface area (Å²) in [6, 6.07) is 1.06. The number of hydrogen-bond acceptors (Lipinski definition) is 3. The van der Waals surface area contributed by atoms with Gasteiger partial charge in [-0.05, 0) is 6.07 Å². The summed E-state index contributed by atoms with van der Waals surface area (Å²) in [6.07, 6.45) is 5.17. The molecule has 0 radical (unpaired) electrons. The number of fused-ring (bicyclic) bond motifs is 1. The van der Waals surface area contributed by atoms with E-state index in [1.165, 1.54) is 0 Å². The van der Waals surface area contributed by atoms with Crippen LogP contribution in [0.3, 0.4) is 0 Å². The van der Waals surface area contributed by atoms with Crippen LogP contribution in [0.1, 0.15) is 0 Å². The summed E-state index contributed by atoms with van der Waals surface area (Å²) in [6.45, 7) is 0. The Hall–Kier alpha value is -2.11. The van der Waals surface area contributed by atoms with E-state index >= 15 is 0 Å². The van der Waals surface area contributed by atoms with Gasteiger partial charge in [0.1, 0.15) is 5.52 Å². The van der Waals surface area contributed by atoms with E-state index in [4.69, 9.17) is 4.79 Å². The van der Waals surface area contributed by atoms with Gasteiger partial charge in [-0.25, -0.2) is 9.78 Å². The molecule has 2 rings (SSSR count). The van der Waals surface area contributed by atoms with Crippen LogP contribution in [0.15, 0.2) is 24.7 Å². The Balaban J connectivity index is 0.000000184. The molecule has 5 N–H and O–H groups in total. The molecule has 0 aliphatic carbocycles. The van der Waals surface area contributed by atoms with Crippen molar-refractivity contribution in [2.24, 2.45) is 11.5 Å². The molecular formula is C7H9N5O. The van der Waals surface area contributed by atoms with Crippen LogP contribution >= 0.6 is 0 Å². The average Bonchev–Trinajstić information content (AvgIpc) is 2.49. The molecule has 0 atom stereocenters. The highest BCUT2D eigenvalue weighted by molar-refractivity contribution is 5.69. The van der Waals surface area contributed by atoms with E-state index < -0.39 is 6.03 Å². The second kappa shape index (κ2) is 4.05. The van der Waals surface area contributed by atoms with Crippen LogP contribution in [-0.4, -0.2) is 21.0 Å². The summed E-state index contributed by atoms with van der Waals surface area (Å²) in [7, 11) is 0. The summed E-state index contributed by atoms with van der Waals surface area (Å²) in [5, 5.41) is 0. The van der Waals surface area contributed by atoms with E-state index in [0.29, 0.717) is 0 Å². The molecule has 0 saturated heterocycles. The van der Waals surface area contributed by atoms with Crippen LogP contribution in [0.5, 0.6) is 0 Å². The highest BCUT2D eigenvalue weighted by Gasteiger charge is 1.90. The van der Waals surface area contributed by atoms with Crippen LogP contribution in [0.2, 0.25) is 0 Å². The van der Waals surface area contributed by atoms with Gasteiger partial charge in [0.15, 0.2) is 5.65 Å². The maximum absolute atomic E-state index is 9.00.